The van der Waals surface area contributed by atoms with Crippen LogP contribution in [0, 0.1) is 0 Å². The highest BCUT2D eigenvalue weighted by Crippen LogP contribution is 2.24. The molecule has 1 aliphatic heterocycles. The van der Waals surface area contributed by atoms with Crippen LogP contribution < -0.4 is 9.47 Å². The highest BCUT2D eigenvalue weighted by molar-refractivity contribution is 5.90. The Bertz CT molecular complexity index is 667. The summed E-state index contributed by atoms with van der Waals surface area (Å²) in [6.07, 6.45) is 7.70. The zero-order valence-electron chi connectivity index (χ0n) is 12.8. The molecular weight excluding hydrogens is 298 g/mol. The van der Waals surface area contributed by atoms with E-state index in [0.29, 0.717) is 24.8 Å². The minimum absolute atomic E-state index is 0.165. The summed E-state index contributed by atoms with van der Waals surface area (Å²) >= 11 is 0. The summed E-state index contributed by atoms with van der Waals surface area (Å²) < 4.78 is 11.0. The second kappa shape index (κ2) is 6.99. The van der Waals surface area contributed by atoms with E-state index in [1.165, 1.54) is 13.3 Å². The summed E-state index contributed by atoms with van der Waals surface area (Å²) in [4.78, 5) is 30.3. The fraction of sp³-hybridized carbons (Fsp3) is 0.400. The fourth-order valence-corrected chi connectivity index (χ4v) is 2.46. The number of carbonyl (C=O) groups excluding carboxylic acids is 1. The van der Waals surface area contributed by atoms with Crippen LogP contribution in [0.4, 0.5) is 0 Å². The maximum atomic E-state index is 12.4. The minimum Gasteiger partial charge on any atom is -0.477 e. The number of likely N-dealkylation sites (tertiary alicyclic amines) is 1. The maximum absolute atomic E-state index is 12.4. The van der Waals surface area contributed by atoms with Gasteiger partial charge in [-0.15, -0.1) is 0 Å². The molecule has 0 spiro atoms. The second-order valence-electron chi connectivity index (χ2n) is 5.08. The van der Waals surface area contributed by atoms with Crippen molar-refractivity contribution in [3.05, 3.63) is 36.7 Å². The van der Waals surface area contributed by atoms with Gasteiger partial charge in [-0.2, -0.15) is 0 Å². The molecule has 1 unspecified atom stereocenters. The molecule has 8 nitrogen and oxygen atoms in total. The molecule has 1 aliphatic rings. The molecule has 3 heterocycles. The van der Waals surface area contributed by atoms with E-state index >= 15 is 0 Å². The van der Waals surface area contributed by atoms with E-state index in [0.717, 1.165) is 12.8 Å². The van der Waals surface area contributed by atoms with Crippen LogP contribution in [0.25, 0.3) is 0 Å². The van der Waals surface area contributed by atoms with Crippen LogP contribution >= 0.6 is 0 Å². The molecule has 0 aromatic carbocycles. The van der Waals surface area contributed by atoms with Gasteiger partial charge in [0.05, 0.1) is 13.7 Å². The fourth-order valence-electron chi connectivity index (χ4n) is 2.46. The van der Waals surface area contributed by atoms with Gasteiger partial charge >= 0.3 is 0 Å². The molecule has 1 saturated heterocycles. The van der Waals surface area contributed by atoms with Gasteiger partial charge in [-0.3, -0.25) is 4.79 Å². The first-order valence-electron chi connectivity index (χ1n) is 7.36. The van der Waals surface area contributed by atoms with Crippen molar-refractivity contribution in [3.63, 3.8) is 0 Å². The van der Waals surface area contributed by atoms with Gasteiger partial charge in [-0.1, -0.05) is 0 Å². The Morgan fingerprint density at radius 2 is 1.87 bits per heavy atom. The van der Waals surface area contributed by atoms with Gasteiger partial charge in [0.2, 0.25) is 5.82 Å². The third-order valence-corrected chi connectivity index (χ3v) is 3.53. The Morgan fingerprint density at radius 3 is 2.61 bits per heavy atom. The molecule has 0 saturated carbocycles. The van der Waals surface area contributed by atoms with Crippen molar-refractivity contribution >= 4 is 5.91 Å². The lowest BCUT2D eigenvalue weighted by Gasteiger charge is -2.32. The minimum atomic E-state index is -0.190. The summed E-state index contributed by atoms with van der Waals surface area (Å²) in [5.74, 6) is 0.683. The average Bonchev–Trinajstić information content (AvgIpc) is 2.62. The third kappa shape index (κ3) is 3.53. The summed E-state index contributed by atoms with van der Waals surface area (Å²) in [5.41, 5.74) is 0. The van der Waals surface area contributed by atoms with E-state index in [2.05, 4.69) is 19.9 Å². The topological polar surface area (TPSA) is 90.3 Å². The molecule has 0 radical (unpaired) electrons. The van der Waals surface area contributed by atoms with Gasteiger partial charge < -0.3 is 14.4 Å². The number of carbonyl (C=O) groups is 1. The lowest BCUT2D eigenvalue weighted by Crippen LogP contribution is -2.45. The number of nitrogens with zero attached hydrogens (tertiary/aromatic N) is 5. The number of ether oxygens (including phenoxy) is 2. The van der Waals surface area contributed by atoms with E-state index in [9.17, 15) is 4.79 Å². The molecule has 0 aliphatic carbocycles. The molecule has 1 fully saturated rings. The largest absolute Gasteiger partial charge is 0.477 e. The predicted molar refractivity (Wildman–Crippen MR) is 80.2 cm³/mol. The van der Waals surface area contributed by atoms with Crippen LogP contribution in [0.2, 0.25) is 0 Å². The van der Waals surface area contributed by atoms with Gasteiger partial charge in [0.1, 0.15) is 6.10 Å². The second-order valence-corrected chi connectivity index (χ2v) is 5.08. The lowest BCUT2D eigenvalue weighted by atomic mass is 10.1. The van der Waals surface area contributed by atoms with Gasteiger partial charge in [0, 0.05) is 31.3 Å². The van der Waals surface area contributed by atoms with Gasteiger partial charge in [0.25, 0.3) is 17.7 Å². The van der Waals surface area contributed by atoms with Crippen molar-refractivity contribution in [2.45, 2.75) is 18.9 Å². The first-order chi connectivity index (χ1) is 11.3. The third-order valence-electron chi connectivity index (χ3n) is 3.53. The zero-order valence-corrected chi connectivity index (χ0v) is 12.8. The number of hydrogen-bond acceptors (Lipinski definition) is 7. The van der Waals surface area contributed by atoms with Gasteiger partial charge in [-0.05, 0) is 18.9 Å². The number of aromatic nitrogens is 4. The zero-order chi connectivity index (χ0) is 16.1. The van der Waals surface area contributed by atoms with Crippen LogP contribution in [0.15, 0.2) is 30.9 Å². The van der Waals surface area contributed by atoms with Crippen molar-refractivity contribution in [2.75, 3.05) is 20.2 Å². The number of hydrogen-bond donors (Lipinski definition) is 0. The standard InChI is InChI=1S/C15H17N5O3/c1-22-13-14(19-8-7-18-13)23-11-4-2-9-20(10-11)15(21)12-16-5-3-6-17-12/h3,5-8,11H,2,4,9-10H2,1H3. The molecule has 120 valence electrons. The molecule has 2 aromatic heterocycles. The van der Waals surface area contributed by atoms with Crippen LogP contribution in [0.3, 0.4) is 0 Å². The Labute approximate surface area is 133 Å². The van der Waals surface area contributed by atoms with Gasteiger partial charge in [-0.25, -0.2) is 19.9 Å². The Morgan fingerprint density at radius 1 is 1.13 bits per heavy atom. The molecule has 8 heteroatoms. The number of amides is 1. The smallest absolute Gasteiger partial charge is 0.291 e. The SMILES string of the molecule is COc1nccnc1OC1CCCN(C(=O)c2ncccn2)C1. The average molecular weight is 315 g/mol. The number of rotatable bonds is 4. The lowest BCUT2D eigenvalue weighted by molar-refractivity contribution is 0.0508. The van der Waals surface area contributed by atoms with Crippen molar-refractivity contribution < 1.29 is 14.3 Å². The highest BCUT2D eigenvalue weighted by atomic mass is 16.5. The van der Waals surface area contributed by atoms with E-state index in [4.69, 9.17) is 9.47 Å². The summed E-state index contributed by atoms with van der Waals surface area (Å²) in [7, 11) is 1.51. The first kappa shape index (κ1) is 15.1. The van der Waals surface area contributed by atoms with Crippen LogP contribution in [-0.2, 0) is 0 Å². The Kier molecular flexibility index (Phi) is 4.60. The quantitative estimate of drug-likeness (QED) is 0.830. The normalized spacial score (nSPS) is 17.6. The molecule has 3 rings (SSSR count). The number of piperidine rings is 1. The van der Waals surface area contributed by atoms with Crippen molar-refractivity contribution in [1.29, 1.82) is 0 Å². The number of methoxy groups -OCH3 is 1. The van der Waals surface area contributed by atoms with Gasteiger partial charge in [0.15, 0.2) is 0 Å². The van der Waals surface area contributed by atoms with Crippen LogP contribution in [0.5, 0.6) is 11.8 Å². The van der Waals surface area contributed by atoms with E-state index in [1.807, 2.05) is 0 Å². The summed E-state index contributed by atoms with van der Waals surface area (Å²) in [5, 5.41) is 0. The van der Waals surface area contributed by atoms with Crippen LogP contribution in [0.1, 0.15) is 23.5 Å². The molecule has 0 N–H and O–H groups in total. The monoisotopic (exact) mass is 315 g/mol. The van der Waals surface area contributed by atoms with Crippen molar-refractivity contribution in [1.82, 2.24) is 24.8 Å². The maximum Gasteiger partial charge on any atom is 0.291 e. The summed E-state index contributed by atoms with van der Waals surface area (Å²) in [6.45, 7) is 1.12. The van der Waals surface area contributed by atoms with Crippen LogP contribution in [-0.4, -0.2) is 57.0 Å². The first-order valence-corrected chi connectivity index (χ1v) is 7.36. The predicted octanol–water partition coefficient (Wildman–Crippen LogP) is 0.959. The van der Waals surface area contributed by atoms with E-state index < -0.39 is 0 Å². The Balaban J connectivity index is 1.68. The van der Waals surface area contributed by atoms with E-state index in [-0.39, 0.29) is 17.8 Å². The molecule has 1 atom stereocenters. The molecule has 23 heavy (non-hydrogen) atoms. The Hall–Kier alpha value is -2.77. The van der Waals surface area contributed by atoms with Crippen molar-refractivity contribution in [3.8, 4) is 11.8 Å². The van der Waals surface area contributed by atoms with E-state index in [1.54, 1.807) is 29.6 Å². The van der Waals surface area contributed by atoms with Crippen molar-refractivity contribution in [2.24, 2.45) is 0 Å². The summed E-state index contributed by atoms with van der Waals surface area (Å²) in [6, 6.07) is 1.68. The molecule has 0 bridgehead atoms. The molecular formula is C15H17N5O3. The highest BCUT2D eigenvalue weighted by Gasteiger charge is 2.28. The molecule has 1 amide bonds. The molecule has 2 aromatic rings.